The van der Waals surface area contributed by atoms with Crippen LogP contribution in [-0.4, -0.2) is 4.98 Å². The van der Waals surface area contributed by atoms with Crippen molar-refractivity contribution >= 4 is 17.0 Å². The first-order valence-corrected chi connectivity index (χ1v) is 5.46. The minimum atomic E-state index is -0.451. The van der Waals surface area contributed by atoms with Gasteiger partial charge in [-0.3, -0.25) is 0 Å². The molecule has 0 aliphatic heterocycles. The van der Waals surface area contributed by atoms with Crippen molar-refractivity contribution in [3.8, 4) is 0 Å². The molecule has 0 radical (unpaired) electrons. The van der Waals surface area contributed by atoms with Crippen LogP contribution in [-0.2, 0) is 6.54 Å². The van der Waals surface area contributed by atoms with Gasteiger partial charge in [0.1, 0.15) is 0 Å². The minimum Gasteiger partial charge on any atom is -0.379 e. The Balaban J connectivity index is 1.96. The Hall–Kier alpha value is -1.42. The molecule has 0 fully saturated rings. The molecule has 78 valence electrons. The Labute approximate surface area is 91.8 Å². The van der Waals surface area contributed by atoms with Crippen LogP contribution in [0.15, 0.2) is 30.5 Å². The second kappa shape index (κ2) is 4.40. The maximum Gasteiger partial charge on any atom is 0.212 e. The van der Waals surface area contributed by atoms with Crippen molar-refractivity contribution in [3.63, 3.8) is 0 Å². The Morgan fingerprint density at radius 1 is 1.33 bits per heavy atom. The second-order valence-corrected chi connectivity index (χ2v) is 4.61. The number of halogens is 1. The van der Waals surface area contributed by atoms with Gasteiger partial charge in [-0.25, -0.2) is 4.98 Å². The summed E-state index contributed by atoms with van der Waals surface area (Å²) in [5, 5.41) is 3.18. The van der Waals surface area contributed by atoms with Crippen LogP contribution < -0.4 is 5.32 Å². The van der Waals surface area contributed by atoms with E-state index in [-0.39, 0.29) is 0 Å². The summed E-state index contributed by atoms with van der Waals surface area (Å²) in [6.45, 7) is 2.83. The minimum absolute atomic E-state index is 0.451. The fraction of sp³-hybridized carbons (Fsp3) is 0.182. The highest BCUT2D eigenvalue weighted by molar-refractivity contribution is 7.11. The van der Waals surface area contributed by atoms with E-state index in [1.165, 1.54) is 22.0 Å². The molecule has 0 amide bonds. The summed E-state index contributed by atoms with van der Waals surface area (Å²) in [6.07, 6.45) is 1.50. The second-order valence-electron chi connectivity index (χ2n) is 3.24. The summed E-state index contributed by atoms with van der Waals surface area (Å²) in [5.74, 6) is -0.451. The van der Waals surface area contributed by atoms with Gasteiger partial charge < -0.3 is 5.32 Å². The molecule has 0 aliphatic carbocycles. The van der Waals surface area contributed by atoms with E-state index in [0.717, 1.165) is 12.2 Å². The number of anilines is 1. The predicted octanol–water partition coefficient (Wildman–Crippen LogP) is 3.20. The van der Waals surface area contributed by atoms with Gasteiger partial charge in [-0.05, 0) is 31.2 Å². The average Bonchev–Trinajstić information content (AvgIpc) is 2.64. The molecule has 0 bridgehead atoms. The molecule has 2 aromatic heterocycles. The molecule has 0 unspecified atom stereocenters. The molecule has 0 spiro atoms. The number of aryl methyl sites for hydroxylation is 1. The van der Waals surface area contributed by atoms with Crippen LogP contribution in [0.3, 0.4) is 0 Å². The Bertz CT molecular complexity index is 436. The molecule has 0 saturated heterocycles. The third kappa shape index (κ3) is 2.76. The van der Waals surface area contributed by atoms with Gasteiger partial charge >= 0.3 is 0 Å². The van der Waals surface area contributed by atoms with Crippen molar-refractivity contribution in [1.29, 1.82) is 0 Å². The summed E-state index contributed by atoms with van der Waals surface area (Å²) in [4.78, 5) is 6.13. The molecular weight excluding hydrogens is 211 g/mol. The number of aromatic nitrogens is 1. The molecule has 0 aliphatic rings. The first-order valence-electron chi connectivity index (χ1n) is 4.65. The molecule has 2 heterocycles. The zero-order valence-electron chi connectivity index (χ0n) is 8.33. The van der Waals surface area contributed by atoms with E-state index in [1.807, 2.05) is 0 Å². The summed E-state index contributed by atoms with van der Waals surface area (Å²) >= 11 is 1.75. The van der Waals surface area contributed by atoms with Crippen molar-refractivity contribution in [2.75, 3.05) is 5.32 Å². The lowest BCUT2D eigenvalue weighted by Crippen LogP contribution is -1.97. The SMILES string of the molecule is Cc1ccc(CNc2ccc(F)nc2)s1. The highest BCUT2D eigenvalue weighted by Crippen LogP contribution is 2.16. The van der Waals surface area contributed by atoms with Crippen LogP contribution in [0, 0.1) is 12.9 Å². The molecule has 1 N–H and O–H groups in total. The predicted molar refractivity (Wildman–Crippen MR) is 60.6 cm³/mol. The van der Waals surface area contributed by atoms with Crippen LogP contribution >= 0.6 is 11.3 Å². The first kappa shape index (κ1) is 10.1. The molecule has 15 heavy (non-hydrogen) atoms. The van der Waals surface area contributed by atoms with Gasteiger partial charge in [0.25, 0.3) is 0 Å². The smallest absolute Gasteiger partial charge is 0.212 e. The summed E-state index contributed by atoms with van der Waals surface area (Å²) in [7, 11) is 0. The zero-order chi connectivity index (χ0) is 10.7. The van der Waals surface area contributed by atoms with E-state index in [0.29, 0.717) is 0 Å². The van der Waals surface area contributed by atoms with E-state index in [1.54, 1.807) is 17.4 Å². The van der Waals surface area contributed by atoms with Crippen molar-refractivity contribution < 1.29 is 4.39 Å². The first-order chi connectivity index (χ1) is 7.24. The van der Waals surface area contributed by atoms with Crippen molar-refractivity contribution in [1.82, 2.24) is 4.98 Å². The number of thiophene rings is 1. The monoisotopic (exact) mass is 222 g/mol. The van der Waals surface area contributed by atoms with E-state index in [4.69, 9.17) is 0 Å². The van der Waals surface area contributed by atoms with E-state index in [2.05, 4.69) is 29.4 Å². The lowest BCUT2D eigenvalue weighted by atomic mass is 10.4. The molecule has 2 rings (SSSR count). The number of rotatable bonds is 3. The maximum atomic E-state index is 12.5. The fourth-order valence-electron chi connectivity index (χ4n) is 1.25. The molecule has 2 nitrogen and oxygen atoms in total. The van der Waals surface area contributed by atoms with Gasteiger partial charge in [-0.2, -0.15) is 4.39 Å². The number of hydrogen-bond acceptors (Lipinski definition) is 3. The molecule has 0 aromatic carbocycles. The van der Waals surface area contributed by atoms with Crippen LogP contribution in [0.1, 0.15) is 9.75 Å². The quantitative estimate of drug-likeness (QED) is 0.807. The number of hydrogen-bond donors (Lipinski definition) is 1. The van der Waals surface area contributed by atoms with Crippen molar-refractivity contribution in [2.24, 2.45) is 0 Å². The fourth-order valence-corrected chi connectivity index (χ4v) is 2.08. The number of pyridine rings is 1. The number of nitrogens with one attached hydrogen (secondary N) is 1. The zero-order valence-corrected chi connectivity index (χ0v) is 9.14. The molecule has 0 atom stereocenters. The van der Waals surface area contributed by atoms with Crippen LogP contribution in [0.2, 0.25) is 0 Å². The maximum absolute atomic E-state index is 12.5. The highest BCUT2D eigenvalue weighted by Gasteiger charge is 1.97. The van der Waals surface area contributed by atoms with Crippen LogP contribution in [0.5, 0.6) is 0 Å². The molecule has 2 aromatic rings. The molecule has 4 heteroatoms. The van der Waals surface area contributed by atoms with E-state index >= 15 is 0 Å². The average molecular weight is 222 g/mol. The van der Waals surface area contributed by atoms with Crippen LogP contribution in [0.4, 0.5) is 10.1 Å². The van der Waals surface area contributed by atoms with Crippen LogP contribution in [0.25, 0.3) is 0 Å². The van der Waals surface area contributed by atoms with Crippen molar-refractivity contribution in [3.05, 3.63) is 46.2 Å². The van der Waals surface area contributed by atoms with Gasteiger partial charge in [0.05, 0.1) is 11.9 Å². The topological polar surface area (TPSA) is 24.9 Å². The van der Waals surface area contributed by atoms with E-state index < -0.39 is 5.95 Å². The number of nitrogens with zero attached hydrogens (tertiary/aromatic N) is 1. The Morgan fingerprint density at radius 2 is 2.20 bits per heavy atom. The lowest BCUT2D eigenvalue weighted by Gasteiger charge is -2.03. The van der Waals surface area contributed by atoms with Gasteiger partial charge in [-0.15, -0.1) is 11.3 Å². The Morgan fingerprint density at radius 3 is 2.80 bits per heavy atom. The largest absolute Gasteiger partial charge is 0.379 e. The third-order valence-electron chi connectivity index (χ3n) is 1.99. The third-order valence-corrected chi connectivity index (χ3v) is 2.99. The van der Waals surface area contributed by atoms with Gasteiger partial charge in [0.2, 0.25) is 5.95 Å². The summed E-state index contributed by atoms with van der Waals surface area (Å²) < 4.78 is 12.5. The Kier molecular flexibility index (Phi) is 2.97. The highest BCUT2D eigenvalue weighted by atomic mass is 32.1. The molecular formula is C11H11FN2S. The van der Waals surface area contributed by atoms with E-state index in [9.17, 15) is 4.39 Å². The summed E-state index contributed by atoms with van der Waals surface area (Å²) in [5.41, 5.74) is 0.836. The molecule has 0 saturated carbocycles. The van der Waals surface area contributed by atoms with Gasteiger partial charge in [0.15, 0.2) is 0 Å². The summed E-state index contributed by atoms with van der Waals surface area (Å²) in [6, 6.07) is 7.21. The van der Waals surface area contributed by atoms with Gasteiger partial charge in [0, 0.05) is 16.3 Å². The van der Waals surface area contributed by atoms with Gasteiger partial charge in [-0.1, -0.05) is 0 Å². The normalized spacial score (nSPS) is 10.3. The lowest BCUT2D eigenvalue weighted by molar-refractivity contribution is 0.584. The standard InChI is InChI=1S/C11H11FN2S/c1-8-2-4-10(15-8)7-13-9-3-5-11(12)14-6-9/h2-6,13H,7H2,1H3. The van der Waals surface area contributed by atoms with Crippen molar-refractivity contribution in [2.45, 2.75) is 13.5 Å².